The lowest BCUT2D eigenvalue weighted by molar-refractivity contribution is -0.141. The van der Waals surface area contributed by atoms with Gasteiger partial charge in [0.25, 0.3) is 0 Å². The molecule has 1 aliphatic rings. The molecule has 2 aromatic rings. The van der Waals surface area contributed by atoms with Crippen LogP contribution in [0, 0.1) is 12.3 Å². The molecular formula is C21H24F6N4O. The average Bonchev–Trinajstić information content (AvgIpc) is 3.04. The van der Waals surface area contributed by atoms with Crippen molar-refractivity contribution in [1.82, 2.24) is 9.78 Å². The first-order valence-electron chi connectivity index (χ1n) is 9.95. The molecule has 0 unspecified atom stereocenters. The number of rotatable bonds is 3. The van der Waals surface area contributed by atoms with Gasteiger partial charge in [0.2, 0.25) is 5.91 Å². The average molecular weight is 462 g/mol. The number of nitrogens with zero attached hydrogens (tertiary/aromatic N) is 3. The minimum Gasteiger partial charge on any atom is -0.364 e. The maximum Gasteiger partial charge on any atom is 0.435 e. The van der Waals surface area contributed by atoms with Gasteiger partial charge in [-0.25, -0.2) is 0 Å². The quantitative estimate of drug-likeness (QED) is 0.602. The number of carbonyl (C=O) groups is 1. The molecule has 32 heavy (non-hydrogen) atoms. The molecule has 3 rings (SSSR count). The Bertz CT molecular complexity index is 1020. The van der Waals surface area contributed by atoms with Crippen molar-refractivity contribution in [1.29, 1.82) is 0 Å². The van der Waals surface area contributed by atoms with Crippen LogP contribution in [0.15, 0.2) is 18.2 Å². The summed E-state index contributed by atoms with van der Waals surface area (Å²) in [6.45, 7) is 7.15. The number of carbonyl (C=O) groups excluding carboxylic acids is 1. The predicted molar refractivity (Wildman–Crippen MR) is 107 cm³/mol. The van der Waals surface area contributed by atoms with E-state index < -0.39 is 34.9 Å². The van der Waals surface area contributed by atoms with Crippen LogP contribution in [0.4, 0.5) is 37.7 Å². The van der Waals surface area contributed by atoms with Gasteiger partial charge in [-0.2, -0.15) is 31.4 Å². The van der Waals surface area contributed by atoms with E-state index >= 15 is 0 Å². The van der Waals surface area contributed by atoms with Crippen molar-refractivity contribution in [2.45, 2.75) is 59.6 Å². The first kappa shape index (κ1) is 23.9. The summed E-state index contributed by atoms with van der Waals surface area (Å²) in [5.74, 6) is -0.527. The standard InChI is InChI=1S/C21H24F6N4O/c1-12-7-13(30-5-6-31-14(11-30)9-16(29-31)21(25,26)27)8-15(20(22,23)24)18(12)28-17(32)10-19(2,3)4/h7-9H,5-6,10-11H2,1-4H3,(H,28,32). The second kappa shape index (κ2) is 8.00. The van der Waals surface area contributed by atoms with Crippen molar-refractivity contribution in [3.63, 3.8) is 0 Å². The Labute approximate surface area is 181 Å². The molecule has 0 bridgehead atoms. The zero-order valence-corrected chi connectivity index (χ0v) is 18.1. The summed E-state index contributed by atoms with van der Waals surface area (Å²) in [7, 11) is 0. The van der Waals surface area contributed by atoms with E-state index in [1.807, 2.05) is 0 Å². The maximum atomic E-state index is 13.8. The highest BCUT2D eigenvalue weighted by Crippen LogP contribution is 2.40. The predicted octanol–water partition coefficient (Wildman–Crippen LogP) is 5.62. The number of hydrogen-bond acceptors (Lipinski definition) is 3. The summed E-state index contributed by atoms with van der Waals surface area (Å²) in [4.78, 5) is 13.8. The Morgan fingerprint density at radius 3 is 2.25 bits per heavy atom. The fraction of sp³-hybridized carbons (Fsp3) is 0.524. The number of anilines is 2. The lowest BCUT2D eigenvalue weighted by Gasteiger charge is -2.31. The van der Waals surface area contributed by atoms with Crippen LogP contribution in [0.2, 0.25) is 0 Å². The molecule has 0 saturated carbocycles. The minimum absolute atomic E-state index is 0.0183. The molecule has 5 nitrogen and oxygen atoms in total. The smallest absolute Gasteiger partial charge is 0.364 e. The fourth-order valence-corrected chi connectivity index (χ4v) is 3.63. The van der Waals surface area contributed by atoms with Crippen LogP contribution < -0.4 is 10.2 Å². The molecule has 0 radical (unpaired) electrons. The number of amides is 1. The second-order valence-corrected chi connectivity index (χ2v) is 9.13. The second-order valence-electron chi connectivity index (χ2n) is 9.13. The molecule has 1 amide bonds. The van der Waals surface area contributed by atoms with Crippen LogP contribution in [0.1, 0.15) is 49.7 Å². The fourth-order valence-electron chi connectivity index (χ4n) is 3.63. The van der Waals surface area contributed by atoms with Crippen molar-refractivity contribution in [3.05, 3.63) is 40.7 Å². The van der Waals surface area contributed by atoms with Crippen LogP contribution in [0.3, 0.4) is 0 Å². The molecule has 0 fully saturated rings. The summed E-state index contributed by atoms with van der Waals surface area (Å²) in [5.41, 5.74) is -2.04. The molecule has 2 heterocycles. The van der Waals surface area contributed by atoms with Gasteiger partial charge in [0.1, 0.15) is 0 Å². The third-order valence-corrected chi connectivity index (χ3v) is 5.03. The van der Waals surface area contributed by atoms with Gasteiger partial charge in [0, 0.05) is 18.7 Å². The van der Waals surface area contributed by atoms with Crippen molar-refractivity contribution in [2.75, 3.05) is 16.8 Å². The van der Waals surface area contributed by atoms with Crippen LogP contribution >= 0.6 is 0 Å². The zero-order valence-electron chi connectivity index (χ0n) is 18.1. The Hall–Kier alpha value is -2.72. The molecule has 1 aromatic carbocycles. The number of alkyl halides is 6. The van der Waals surface area contributed by atoms with Crippen LogP contribution in [-0.4, -0.2) is 22.2 Å². The van der Waals surface area contributed by atoms with E-state index in [4.69, 9.17) is 0 Å². The zero-order chi connectivity index (χ0) is 24.1. The summed E-state index contributed by atoms with van der Waals surface area (Å²) >= 11 is 0. The van der Waals surface area contributed by atoms with Gasteiger partial charge in [-0.1, -0.05) is 20.8 Å². The van der Waals surface area contributed by atoms with Crippen molar-refractivity contribution in [2.24, 2.45) is 5.41 Å². The molecule has 0 spiro atoms. The molecule has 1 aromatic heterocycles. The number of aromatic nitrogens is 2. The Morgan fingerprint density at radius 1 is 1.03 bits per heavy atom. The number of fused-ring (bicyclic) bond motifs is 1. The molecule has 0 aliphatic carbocycles. The maximum absolute atomic E-state index is 13.8. The lowest BCUT2D eigenvalue weighted by atomic mass is 9.92. The van der Waals surface area contributed by atoms with E-state index in [9.17, 15) is 31.1 Å². The van der Waals surface area contributed by atoms with Crippen LogP contribution in [-0.2, 0) is 30.2 Å². The number of halogens is 6. The summed E-state index contributed by atoms with van der Waals surface area (Å²) in [6.07, 6.45) is -9.28. The molecule has 1 aliphatic heterocycles. The number of hydrogen-bond donors (Lipinski definition) is 1. The summed E-state index contributed by atoms with van der Waals surface area (Å²) in [6, 6.07) is 3.33. The molecule has 0 saturated heterocycles. The number of aryl methyl sites for hydroxylation is 1. The van der Waals surface area contributed by atoms with Crippen molar-refractivity contribution in [3.8, 4) is 0 Å². The summed E-state index contributed by atoms with van der Waals surface area (Å²) < 4.78 is 81.5. The Morgan fingerprint density at radius 2 is 1.69 bits per heavy atom. The lowest BCUT2D eigenvalue weighted by Crippen LogP contribution is -2.34. The molecule has 176 valence electrons. The van der Waals surface area contributed by atoms with Gasteiger partial charge in [-0.05, 0) is 36.1 Å². The van der Waals surface area contributed by atoms with Gasteiger partial charge in [0.15, 0.2) is 5.69 Å². The molecular weight excluding hydrogens is 438 g/mol. The normalized spacial score (nSPS) is 15.0. The van der Waals surface area contributed by atoms with Crippen LogP contribution in [0.5, 0.6) is 0 Å². The highest BCUT2D eigenvalue weighted by atomic mass is 19.4. The first-order chi connectivity index (χ1) is 14.5. The van der Waals surface area contributed by atoms with Crippen LogP contribution in [0.25, 0.3) is 0 Å². The van der Waals surface area contributed by atoms with Gasteiger partial charge in [0.05, 0.1) is 30.0 Å². The monoisotopic (exact) mass is 462 g/mol. The highest BCUT2D eigenvalue weighted by molar-refractivity contribution is 5.93. The molecule has 1 N–H and O–H groups in total. The Kier molecular flexibility index (Phi) is 5.99. The van der Waals surface area contributed by atoms with E-state index in [1.165, 1.54) is 17.7 Å². The highest BCUT2D eigenvalue weighted by Gasteiger charge is 2.38. The number of nitrogens with one attached hydrogen (secondary N) is 1. The number of benzene rings is 1. The first-order valence-corrected chi connectivity index (χ1v) is 9.95. The minimum atomic E-state index is -4.73. The third kappa shape index (κ3) is 5.36. The molecule has 0 atom stereocenters. The van der Waals surface area contributed by atoms with Crippen molar-refractivity contribution < 1.29 is 31.1 Å². The van der Waals surface area contributed by atoms with Gasteiger partial charge in [-0.3, -0.25) is 9.48 Å². The van der Waals surface area contributed by atoms with Gasteiger partial charge < -0.3 is 10.2 Å². The van der Waals surface area contributed by atoms with E-state index in [0.29, 0.717) is 0 Å². The van der Waals surface area contributed by atoms with Crippen molar-refractivity contribution >= 4 is 17.3 Å². The van der Waals surface area contributed by atoms with E-state index in [-0.39, 0.29) is 48.7 Å². The van der Waals surface area contributed by atoms with Gasteiger partial charge in [-0.15, -0.1) is 0 Å². The topological polar surface area (TPSA) is 50.2 Å². The third-order valence-electron chi connectivity index (χ3n) is 5.03. The molecule has 11 heteroatoms. The largest absolute Gasteiger partial charge is 0.435 e. The van der Waals surface area contributed by atoms with E-state index in [1.54, 1.807) is 25.7 Å². The van der Waals surface area contributed by atoms with Gasteiger partial charge >= 0.3 is 12.4 Å². The Balaban J connectivity index is 1.93. The SMILES string of the molecule is Cc1cc(N2CCn3nc(C(F)(F)F)cc3C2)cc(C(F)(F)F)c1NC(=O)CC(C)(C)C. The summed E-state index contributed by atoms with van der Waals surface area (Å²) in [5, 5.41) is 5.93. The van der Waals surface area contributed by atoms with E-state index in [2.05, 4.69) is 10.4 Å². The van der Waals surface area contributed by atoms with E-state index in [0.717, 1.165) is 12.1 Å².